The Bertz CT molecular complexity index is 865. The molecule has 1 heterocycles. The maximum atomic E-state index is 12.5. The third-order valence-electron chi connectivity index (χ3n) is 4.03. The van der Waals surface area contributed by atoms with Gasteiger partial charge in [0.15, 0.2) is 0 Å². The predicted octanol–water partition coefficient (Wildman–Crippen LogP) is 3.72. The van der Waals surface area contributed by atoms with Crippen LogP contribution in [0, 0.1) is 13.8 Å². The van der Waals surface area contributed by atoms with Gasteiger partial charge in [-0.05, 0) is 43.2 Å². The third kappa shape index (κ3) is 3.06. The molecule has 3 aromatic rings. The first kappa shape index (κ1) is 15.2. The minimum Gasteiger partial charge on any atom is -0.497 e. The van der Waals surface area contributed by atoms with Gasteiger partial charge >= 0.3 is 0 Å². The third-order valence-corrected chi connectivity index (χ3v) is 4.03. The van der Waals surface area contributed by atoms with Crippen molar-refractivity contribution < 1.29 is 9.53 Å². The molecule has 2 aromatic carbocycles. The zero-order valence-corrected chi connectivity index (χ0v) is 13.6. The Morgan fingerprint density at radius 3 is 2.74 bits per heavy atom. The summed E-state index contributed by atoms with van der Waals surface area (Å²) in [6.07, 6.45) is 0. The molecule has 23 heavy (non-hydrogen) atoms. The summed E-state index contributed by atoms with van der Waals surface area (Å²) in [5, 5.41) is 3.98. The first-order valence-corrected chi connectivity index (χ1v) is 7.58. The standard InChI is InChI=1S/C19H20N2O2/c1-12-5-4-6-14(9-12)11-20-19(22)18-13(2)16-10-15(23-3)7-8-17(16)21-18/h4-10,21H,11H2,1-3H3,(H,20,22). The molecule has 0 bridgehead atoms. The maximum absolute atomic E-state index is 12.5. The van der Waals surface area contributed by atoms with Crippen LogP contribution in [-0.4, -0.2) is 18.0 Å². The number of H-pyrrole nitrogens is 1. The van der Waals surface area contributed by atoms with Gasteiger partial charge in [-0.15, -0.1) is 0 Å². The van der Waals surface area contributed by atoms with Crippen LogP contribution in [0.15, 0.2) is 42.5 Å². The van der Waals surface area contributed by atoms with Crippen molar-refractivity contribution in [3.63, 3.8) is 0 Å². The van der Waals surface area contributed by atoms with Gasteiger partial charge in [-0.2, -0.15) is 0 Å². The van der Waals surface area contributed by atoms with E-state index in [1.807, 2.05) is 50.2 Å². The number of fused-ring (bicyclic) bond motifs is 1. The lowest BCUT2D eigenvalue weighted by Crippen LogP contribution is -2.23. The molecule has 0 aliphatic heterocycles. The molecule has 1 amide bonds. The Hall–Kier alpha value is -2.75. The minimum atomic E-state index is -0.0980. The Kier molecular flexibility index (Phi) is 4.06. The van der Waals surface area contributed by atoms with Gasteiger partial charge < -0.3 is 15.0 Å². The van der Waals surface area contributed by atoms with Crippen LogP contribution in [0.5, 0.6) is 5.75 Å². The topological polar surface area (TPSA) is 54.1 Å². The number of rotatable bonds is 4. The van der Waals surface area contributed by atoms with Gasteiger partial charge in [-0.1, -0.05) is 29.8 Å². The highest BCUT2D eigenvalue weighted by Crippen LogP contribution is 2.26. The van der Waals surface area contributed by atoms with Crippen LogP contribution in [0.3, 0.4) is 0 Å². The van der Waals surface area contributed by atoms with E-state index in [1.54, 1.807) is 7.11 Å². The molecule has 118 valence electrons. The van der Waals surface area contributed by atoms with Crippen LogP contribution < -0.4 is 10.1 Å². The van der Waals surface area contributed by atoms with E-state index < -0.39 is 0 Å². The van der Waals surface area contributed by atoms with E-state index in [0.29, 0.717) is 12.2 Å². The highest BCUT2D eigenvalue weighted by Gasteiger charge is 2.15. The number of amides is 1. The second-order valence-corrected chi connectivity index (χ2v) is 5.71. The number of ether oxygens (including phenoxy) is 1. The largest absolute Gasteiger partial charge is 0.497 e. The van der Waals surface area contributed by atoms with E-state index in [2.05, 4.69) is 16.4 Å². The molecule has 0 aliphatic rings. The molecule has 0 saturated heterocycles. The van der Waals surface area contributed by atoms with Crippen molar-refractivity contribution in [3.05, 3.63) is 64.8 Å². The van der Waals surface area contributed by atoms with Gasteiger partial charge in [0.05, 0.1) is 7.11 Å². The second-order valence-electron chi connectivity index (χ2n) is 5.71. The number of carbonyl (C=O) groups excluding carboxylic acids is 1. The summed E-state index contributed by atoms with van der Waals surface area (Å²) in [7, 11) is 1.64. The molecular formula is C19H20N2O2. The summed E-state index contributed by atoms with van der Waals surface area (Å²) < 4.78 is 5.25. The van der Waals surface area contributed by atoms with E-state index in [0.717, 1.165) is 27.8 Å². The molecule has 3 rings (SSSR count). The van der Waals surface area contributed by atoms with E-state index >= 15 is 0 Å². The molecule has 1 aromatic heterocycles. The van der Waals surface area contributed by atoms with Crippen LogP contribution in [0.1, 0.15) is 27.2 Å². The minimum absolute atomic E-state index is 0.0980. The number of nitrogens with one attached hydrogen (secondary N) is 2. The number of hydrogen-bond donors (Lipinski definition) is 2. The highest BCUT2D eigenvalue weighted by atomic mass is 16.5. The Balaban J connectivity index is 1.82. The average molecular weight is 308 g/mol. The van der Waals surface area contributed by atoms with Gasteiger partial charge in [0.1, 0.15) is 11.4 Å². The van der Waals surface area contributed by atoms with E-state index in [-0.39, 0.29) is 5.91 Å². The smallest absolute Gasteiger partial charge is 0.268 e. The van der Waals surface area contributed by atoms with Gasteiger partial charge in [-0.25, -0.2) is 0 Å². The quantitative estimate of drug-likeness (QED) is 0.771. The number of aromatic amines is 1. The molecule has 4 nitrogen and oxygen atoms in total. The number of benzene rings is 2. The van der Waals surface area contributed by atoms with Gasteiger partial charge in [-0.3, -0.25) is 4.79 Å². The Labute approximate surface area is 135 Å². The second kappa shape index (κ2) is 6.16. The first-order valence-electron chi connectivity index (χ1n) is 7.58. The van der Waals surface area contributed by atoms with Crippen molar-refractivity contribution in [2.75, 3.05) is 7.11 Å². The van der Waals surface area contributed by atoms with Crippen LogP contribution in [0.2, 0.25) is 0 Å². The normalized spacial score (nSPS) is 10.7. The zero-order valence-electron chi connectivity index (χ0n) is 13.6. The number of aromatic nitrogens is 1. The van der Waals surface area contributed by atoms with Crippen molar-refractivity contribution in [2.24, 2.45) is 0 Å². The molecule has 0 spiro atoms. The number of aryl methyl sites for hydroxylation is 2. The van der Waals surface area contributed by atoms with Crippen molar-refractivity contribution in [1.82, 2.24) is 10.3 Å². The van der Waals surface area contributed by atoms with Crippen LogP contribution in [-0.2, 0) is 6.54 Å². The number of methoxy groups -OCH3 is 1. The molecule has 0 saturated carbocycles. The fraction of sp³-hybridized carbons (Fsp3) is 0.211. The van der Waals surface area contributed by atoms with Gasteiger partial charge in [0.2, 0.25) is 0 Å². The summed E-state index contributed by atoms with van der Waals surface area (Å²) in [5.41, 5.74) is 4.74. The summed E-state index contributed by atoms with van der Waals surface area (Å²) in [6, 6.07) is 13.9. The lowest BCUT2D eigenvalue weighted by atomic mass is 10.1. The zero-order chi connectivity index (χ0) is 16.4. The van der Waals surface area contributed by atoms with Crippen molar-refractivity contribution in [1.29, 1.82) is 0 Å². The van der Waals surface area contributed by atoms with Crippen molar-refractivity contribution >= 4 is 16.8 Å². The molecule has 0 unspecified atom stereocenters. The van der Waals surface area contributed by atoms with Gasteiger partial charge in [0.25, 0.3) is 5.91 Å². The molecule has 2 N–H and O–H groups in total. The van der Waals surface area contributed by atoms with E-state index in [4.69, 9.17) is 4.74 Å². The molecule has 4 heteroatoms. The van der Waals surface area contributed by atoms with Crippen LogP contribution in [0.25, 0.3) is 10.9 Å². The fourth-order valence-corrected chi connectivity index (χ4v) is 2.75. The van der Waals surface area contributed by atoms with Crippen LogP contribution >= 0.6 is 0 Å². The Morgan fingerprint density at radius 1 is 1.17 bits per heavy atom. The maximum Gasteiger partial charge on any atom is 0.268 e. The van der Waals surface area contributed by atoms with Gasteiger partial charge in [0, 0.05) is 17.4 Å². The molecule has 0 atom stereocenters. The van der Waals surface area contributed by atoms with Crippen LogP contribution in [0.4, 0.5) is 0 Å². The summed E-state index contributed by atoms with van der Waals surface area (Å²) in [5.74, 6) is 0.686. The predicted molar refractivity (Wildman–Crippen MR) is 91.9 cm³/mol. The highest BCUT2D eigenvalue weighted by molar-refractivity contribution is 6.01. The molecule has 0 fully saturated rings. The summed E-state index contributed by atoms with van der Waals surface area (Å²) in [4.78, 5) is 15.7. The molecular weight excluding hydrogens is 288 g/mol. The first-order chi connectivity index (χ1) is 11.1. The summed E-state index contributed by atoms with van der Waals surface area (Å²) in [6.45, 7) is 4.50. The fourth-order valence-electron chi connectivity index (χ4n) is 2.75. The number of hydrogen-bond acceptors (Lipinski definition) is 2. The summed E-state index contributed by atoms with van der Waals surface area (Å²) >= 11 is 0. The lowest BCUT2D eigenvalue weighted by Gasteiger charge is -2.06. The Morgan fingerprint density at radius 2 is 2.00 bits per heavy atom. The average Bonchev–Trinajstić information content (AvgIpc) is 2.89. The van der Waals surface area contributed by atoms with Crippen molar-refractivity contribution in [3.8, 4) is 5.75 Å². The number of carbonyl (C=O) groups is 1. The van der Waals surface area contributed by atoms with E-state index in [9.17, 15) is 4.79 Å². The molecule has 0 aliphatic carbocycles. The molecule has 0 radical (unpaired) electrons. The monoisotopic (exact) mass is 308 g/mol. The lowest BCUT2D eigenvalue weighted by molar-refractivity contribution is 0.0946. The van der Waals surface area contributed by atoms with E-state index in [1.165, 1.54) is 5.56 Å². The van der Waals surface area contributed by atoms with Crippen molar-refractivity contribution in [2.45, 2.75) is 20.4 Å². The SMILES string of the molecule is COc1ccc2[nH]c(C(=O)NCc3cccc(C)c3)c(C)c2c1.